The molecule has 28 heavy (non-hydrogen) atoms. The summed E-state index contributed by atoms with van der Waals surface area (Å²) in [4.78, 5) is 13.0. The van der Waals surface area contributed by atoms with Crippen LogP contribution in [0.5, 0.6) is 17.2 Å². The van der Waals surface area contributed by atoms with E-state index in [-0.39, 0.29) is 0 Å². The number of hydrogen-bond acceptors (Lipinski definition) is 8. The van der Waals surface area contributed by atoms with E-state index in [1.807, 2.05) is 25.3 Å². The van der Waals surface area contributed by atoms with Gasteiger partial charge in [0.25, 0.3) is 0 Å². The second-order valence-electron chi connectivity index (χ2n) is 5.98. The summed E-state index contributed by atoms with van der Waals surface area (Å²) >= 11 is 0. The lowest BCUT2D eigenvalue weighted by Crippen LogP contribution is -2.06. The van der Waals surface area contributed by atoms with Gasteiger partial charge >= 0.3 is 0 Å². The van der Waals surface area contributed by atoms with Crippen LogP contribution in [0.3, 0.4) is 0 Å². The SMILES string of the molecule is COc1cc(Nc2ncc(C)c(NCc3cccnc3)n2)cc(OC)c1OC. The Morgan fingerprint density at radius 2 is 1.75 bits per heavy atom. The number of aryl methyl sites for hydroxylation is 1. The van der Waals surface area contributed by atoms with Crippen molar-refractivity contribution in [1.82, 2.24) is 15.0 Å². The van der Waals surface area contributed by atoms with Crippen LogP contribution in [0.25, 0.3) is 0 Å². The fourth-order valence-corrected chi connectivity index (χ4v) is 2.65. The third-order valence-corrected chi connectivity index (χ3v) is 4.08. The highest BCUT2D eigenvalue weighted by atomic mass is 16.5. The van der Waals surface area contributed by atoms with Crippen LogP contribution in [-0.4, -0.2) is 36.3 Å². The number of anilines is 3. The van der Waals surface area contributed by atoms with Crippen LogP contribution in [0.4, 0.5) is 17.5 Å². The molecule has 0 aliphatic rings. The maximum absolute atomic E-state index is 5.38. The minimum Gasteiger partial charge on any atom is -0.493 e. The highest BCUT2D eigenvalue weighted by Crippen LogP contribution is 2.40. The maximum atomic E-state index is 5.38. The Kier molecular flexibility index (Phi) is 6.11. The van der Waals surface area contributed by atoms with Gasteiger partial charge in [-0.3, -0.25) is 4.98 Å². The van der Waals surface area contributed by atoms with Gasteiger partial charge in [-0.25, -0.2) is 4.98 Å². The molecule has 0 fully saturated rings. The second kappa shape index (κ2) is 8.90. The minimum absolute atomic E-state index is 0.452. The molecule has 1 aromatic carbocycles. The molecule has 0 saturated heterocycles. The molecule has 0 saturated carbocycles. The molecule has 2 heterocycles. The number of benzene rings is 1. The van der Waals surface area contributed by atoms with E-state index in [1.165, 1.54) is 0 Å². The van der Waals surface area contributed by atoms with Crippen LogP contribution in [0.15, 0.2) is 42.9 Å². The summed E-state index contributed by atoms with van der Waals surface area (Å²) in [6.07, 6.45) is 5.33. The minimum atomic E-state index is 0.452. The Balaban J connectivity index is 1.81. The van der Waals surface area contributed by atoms with E-state index in [4.69, 9.17) is 14.2 Å². The zero-order valence-electron chi connectivity index (χ0n) is 16.3. The molecule has 0 aliphatic carbocycles. The van der Waals surface area contributed by atoms with E-state index in [9.17, 15) is 0 Å². The lowest BCUT2D eigenvalue weighted by atomic mass is 10.2. The van der Waals surface area contributed by atoms with Crippen molar-refractivity contribution in [2.45, 2.75) is 13.5 Å². The molecule has 0 aliphatic heterocycles. The quantitative estimate of drug-likeness (QED) is 0.612. The van der Waals surface area contributed by atoms with Crippen LogP contribution < -0.4 is 24.8 Å². The summed E-state index contributed by atoms with van der Waals surface area (Å²) in [5, 5.41) is 6.50. The van der Waals surface area contributed by atoms with Gasteiger partial charge in [0.2, 0.25) is 11.7 Å². The molecule has 0 radical (unpaired) electrons. The van der Waals surface area contributed by atoms with Crippen LogP contribution >= 0.6 is 0 Å². The van der Waals surface area contributed by atoms with Crippen molar-refractivity contribution in [2.75, 3.05) is 32.0 Å². The van der Waals surface area contributed by atoms with Crippen molar-refractivity contribution in [3.63, 3.8) is 0 Å². The first-order valence-electron chi connectivity index (χ1n) is 8.68. The zero-order chi connectivity index (χ0) is 19.9. The number of hydrogen-bond donors (Lipinski definition) is 2. The van der Waals surface area contributed by atoms with E-state index in [1.54, 1.807) is 45.9 Å². The van der Waals surface area contributed by atoms with Gasteiger partial charge in [-0.05, 0) is 18.6 Å². The molecule has 0 atom stereocenters. The van der Waals surface area contributed by atoms with Gasteiger partial charge in [0.15, 0.2) is 11.5 Å². The van der Waals surface area contributed by atoms with Gasteiger partial charge in [-0.15, -0.1) is 0 Å². The molecule has 3 rings (SSSR count). The maximum Gasteiger partial charge on any atom is 0.229 e. The highest BCUT2D eigenvalue weighted by Gasteiger charge is 2.14. The van der Waals surface area contributed by atoms with Crippen molar-refractivity contribution in [3.05, 3.63) is 54.0 Å². The molecule has 0 unspecified atom stereocenters. The van der Waals surface area contributed by atoms with Crippen LogP contribution in [0.1, 0.15) is 11.1 Å². The molecular weight excluding hydrogens is 358 g/mol. The van der Waals surface area contributed by atoms with Crippen LogP contribution in [0.2, 0.25) is 0 Å². The Morgan fingerprint density at radius 3 is 2.36 bits per heavy atom. The number of nitrogens with one attached hydrogen (secondary N) is 2. The molecule has 8 nitrogen and oxygen atoms in total. The smallest absolute Gasteiger partial charge is 0.229 e. The zero-order valence-corrected chi connectivity index (χ0v) is 16.3. The Bertz CT molecular complexity index is 909. The Morgan fingerprint density at radius 1 is 1.00 bits per heavy atom. The number of nitrogens with zero attached hydrogens (tertiary/aromatic N) is 3. The molecule has 3 aromatic rings. The predicted octanol–water partition coefficient (Wildman–Crippen LogP) is 3.56. The molecular formula is C20H23N5O3. The van der Waals surface area contributed by atoms with Gasteiger partial charge in [0.05, 0.1) is 21.3 Å². The average molecular weight is 381 g/mol. The van der Waals surface area contributed by atoms with Crippen LogP contribution in [-0.2, 0) is 6.54 Å². The number of aromatic nitrogens is 3. The number of methoxy groups -OCH3 is 3. The van der Waals surface area contributed by atoms with Crippen molar-refractivity contribution in [2.24, 2.45) is 0 Å². The molecule has 0 bridgehead atoms. The first kappa shape index (κ1) is 19.2. The highest BCUT2D eigenvalue weighted by molar-refractivity contribution is 5.66. The summed E-state index contributed by atoms with van der Waals surface area (Å²) < 4.78 is 16.1. The van der Waals surface area contributed by atoms with Crippen molar-refractivity contribution >= 4 is 17.5 Å². The van der Waals surface area contributed by atoms with E-state index in [2.05, 4.69) is 25.6 Å². The van der Waals surface area contributed by atoms with E-state index in [0.717, 1.165) is 22.6 Å². The van der Waals surface area contributed by atoms with Crippen molar-refractivity contribution < 1.29 is 14.2 Å². The summed E-state index contributed by atoms with van der Waals surface area (Å²) in [7, 11) is 4.71. The Hall–Kier alpha value is -3.55. The predicted molar refractivity (Wildman–Crippen MR) is 108 cm³/mol. The van der Waals surface area contributed by atoms with Crippen LogP contribution in [0, 0.1) is 6.92 Å². The normalized spacial score (nSPS) is 10.3. The molecule has 0 spiro atoms. The van der Waals surface area contributed by atoms with Crippen molar-refractivity contribution in [3.8, 4) is 17.2 Å². The number of ether oxygens (including phenoxy) is 3. The first-order chi connectivity index (χ1) is 13.6. The van der Waals surface area contributed by atoms with Gasteiger partial charge < -0.3 is 24.8 Å². The third-order valence-electron chi connectivity index (χ3n) is 4.08. The number of rotatable bonds is 8. The molecule has 2 aromatic heterocycles. The second-order valence-corrected chi connectivity index (χ2v) is 5.98. The van der Waals surface area contributed by atoms with E-state index in [0.29, 0.717) is 29.7 Å². The van der Waals surface area contributed by atoms with Gasteiger partial charge in [-0.2, -0.15) is 4.98 Å². The standard InChI is InChI=1S/C20H23N5O3/c1-13-10-23-20(25-19(13)22-12-14-6-5-7-21-11-14)24-15-8-16(26-2)18(28-4)17(9-15)27-3/h5-11H,12H2,1-4H3,(H2,22,23,24,25). The summed E-state index contributed by atoms with van der Waals surface area (Å²) in [5.74, 6) is 2.82. The lowest BCUT2D eigenvalue weighted by molar-refractivity contribution is 0.324. The molecule has 2 N–H and O–H groups in total. The average Bonchev–Trinajstić information content (AvgIpc) is 2.74. The number of pyridine rings is 1. The van der Waals surface area contributed by atoms with Crippen molar-refractivity contribution in [1.29, 1.82) is 0 Å². The summed E-state index contributed by atoms with van der Waals surface area (Å²) in [6.45, 7) is 2.57. The van der Waals surface area contributed by atoms with Gasteiger partial charge in [0.1, 0.15) is 5.82 Å². The molecule has 0 amide bonds. The van der Waals surface area contributed by atoms with Gasteiger partial charge in [-0.1, -0.05) is 6.07 Å². The lowest BCUT2D eigenvalue weighted by Gasteiger charge is -2.15. The fourth-order valence-electron chi connectivity index (χ4n) is 2.65. The molecule has 8 heteroatoms. The van der Waals surface area contributed by atoms with E-state index >= 15 is 0 Å². The third kappa shape index (κ3) is 4.40. The fraction of sp³-hybridized carbons (Fsp3) is 0.250. The van der Waals surface area contributed by atoms with E-state index < -0.39 is 0 Å². The Labute approximate surface area is 163 Å². The largest absolute Gasteiger partial charge is 0.493 e. The van der Waals surface area contributed by atoms with Gasteiger partial charge in [0, 0.05) is 48.5 Å². The topological polar surface area (TPSA) is 90.4 Å². The monoisotopic (exact) mass is 381 g/mol. The molecule has 146 valence electrons. The summed E-state index contributed by atoms with van der Waals surface area (Å²) in [6, 6.07) is 7.51. The first-order valence-corrected chi connectivity index (χ1v) is 8.68. The summed E-state index contributed by atoms with van der Waals surface area (Å²) in [5.41, 5.74) is 2.73.